The first-order valence-corrected chi connectivity index (χ1v) is 24.7. The first-order valence-electron chi connectivity index (χ1n) is 23.5. The van der Waals surface area contributed by atoms with Crippen LogP contribution in [0, 0.1) is 5.92 Å². The molecule has 19 nitrogen and oxygen atoms in total. The Morgan fingerprint density at radius 3 is 1.46 bits per heavy atom. The van der Waals surface area contributed by atoms with Crippen LogP contribution < -0.4 is 21.3 Å². The van der Waals surface area contributed by atoms with Gasteiger partial charge in [0, 0.05) is 57.7 Å². The van der Waals surface area contributed by atoms with Gasteiger partial charge in [-0.25, -0.2) is 4.79 Å². The number of hydrogen-bond donors (Lipinski definition) is 7. The SMILES string of the molecule is CC[C@@H](CSCC(=O)NCCNC(=O)COCCOCCNC(=O)COCCOCCCC(=O)CC[C@H](NC(=O)CCCCCCCCCCCCCCCCC(=O)O)C(=O)O)C(=O)O. The van der Waals surface area contributed by atoms with Crippen LogP contribution in [-0.4, -0.2) is 153 Å². The number of Topliss-reactive ketones (excluding diaryl/α,β-unsaturated/α-hetero) is 1. The monoisotopic (exact) mass is 949 g/mol. The van der Waals surface area contributed by atoms with E-state index < -0.39 is 29.9 Å². The number of rotatable bonds is 48. The van der Waals surface area contributed by atoms with Gasteiger partial charge in [0.1, 0.15) is 25.0 Å². The number of thioether (sulfide) groups is 1. The Balaban J connectivity index is 3.66. The fraction of sp³-hybridized carbons (Fsp3) is 0.822. The molecule has 0 rings (SSSR count). The first kappa shape index (κ1) is 61.1. The topological polar surface area (TPSA) is 282 Å². The van der Waals surface area contributed by atoms with Crippen molar-refractivity contribution in [3.8, 4) is 0 Å². The quantitative estimate of drug-likeness (QED) is 0.0420. The first-order chi connectivity index (χ1) is 31.3. The molecule has 0 radical (unpaired) electrons. The summed E-state index contributed by atoms with van der Waals surface area (Å²) in [5.41, 5.74) is 0. The third-order valence-corrected chi connectivity index (χ3v) is 11.2. The average Bonchev–Trinajstić information content (AvgIpc) is 3.26. The Hall–Kier alpha value is -3.85. The van der Waals surface area contributed by atoms with Crippen LogP contribution in [0.1, 0.15) is 142 Å². The van der Waals surface area contributed by atoms with Gasteiger partial charge in [-0.15, -0.1) is 0 Å². The molecule has 65 heavy (non-hydrogen) atoms. The van der Waals surface area contributed by atoms with Crippen molar-refractivity contribution in [1.29, 1.82) is 0 Å². The number of carboxylic acid groups (broad SMARTS) is 3. The van der Waals surface area contributed by atoms with Crippen LogP contribution in [0.5, 0.6) is 0 Å². The normalized spacial score (nSPS) is 12.0. The Morgan fingerprint density at radius 2 is 0.954 bits per heavy atom. The largest absolute Gasteiger partial charge is 0.481 e. The molecule has 4 amide bonds. The summed E-state index contributed by atoms with van der Waals surface area (Å²) in [6, 6.07) is -1.11. The van der Waals surface area contributed by atoms with E-state index in [2.05, 4.69) is 21.3 Å². The van der Waals surface area contributed by atoms with Crippen molar-refractivity contribution in [3.63, 3.8) is 0 Å². The maximum absolute atomic E-state index is 12.3. The minimum absolute atomic E-state index is 0.0257. The highest BCUT2D eigenvalue weighted by molar-refractivity contribution is 7.99. The molecule has 0 aromatic carbocycles. The maximum Gasteiger partial charge on any atom is 0.326 e. The van der Waals surface area contributed by atoms with E-state index in [0.717, 1.165) is 38.5 Å². The summed E-state index contributed by atoms with van der Waals surface area (Å²) < 4.78 is 21.4. The second-order valence-electron chi connectivity index (χ2n) is 15.8. The summed E-state index contributed by atoms with van der Waals surface area (Å²) in [5.74, 6) is -4.09. The van der Waals surface area contributed by atoms with Crippen LogP contribution >= 0.6 is 11.8 Å². The number of ether oxygens (including phenoxy) is 4. The van der Waals surface area contributed by atoms with Crippen molar-refractivity contribution in [2.75, 3.05) is 84.0 Å². The molecule has 2 atom stereocenters. The second-order valence-corrected chi connectivity index (χ2v) is 16.9. The highest BCUT2D eigenvalue weighted by Gasteiger charge is 2.21. The van der Waals surface area contributed by atoms with E-state index in [-0.39, 0.29) is 133 Å². The number of aliphatic carboxylic acids is 3. The molecular weight excluding hydrogens is 869 g/mol. The molecule has 0 aromatic rings. The molecule has 0 heterocycles. The van der Waals surface area contributed by atoms with E-state index in [1.165, 1.54) is 56.7 Å². The van der Waals surface area contributed by atoms with Crippen molar-refractivity contribution in [2.24, 2.45) is 5.92 Å². The standard InChI is InChI=1S/C45H80N4O15S/c1-2-36(44(57)58)34-65-35-42(54)47-24-23-46-40(52)32-64-31-29-62-27-25-48-41(53)33-63-30-28-61-26-17-18-37(50)21-22-38(45(59)60)49-39(51)19-15-13-11-9-7-5-3-4-6-8-10-12-14-16-20-43(55)56/h36,38H,2-35H2,1H3,(H,46,52)(H,47,54)(H,48,53)(H,49,51)(H,55,56)(H,57,58)(H,59,60)/t36-,38-/m0/s1. The fourth-order valence-electron chi connectivity index (χ4n) is 6.26. The lowest BCUT2D eigenvalue weighted by molar-refractivity contribution is -0.142. The van der Waals surface area contributed by atoms with Crippen LogP contribution in [0.15, 0.2) is 0 Å². The van der Waals surface area contributed by atoms with E-state index in [0.29, 0.717) is 31.6 Å². The zero-order valence-corrected chi connectivity index (χ0v) is 39.7. The Labute approximate surface area is 389 Å². The van der Waals surface area contributed by atoms with Gasteiger partial charge in [0.25, 0.3) is 0 Å². The third kappa shape index (κ3) is 42.5. The smallest absolute Gasteiger partial charge is 0.326 e. The lowest BCUT2D eigenvalue weighted by Crippen LogP contribution is -2.41. The summed E-state index contributed by atoms with van der Waals surface area (Å²) in [6.45, 7) is 3.46. The van der Waals surface area contributed by atoms with Gasteiger partial charge in [-0.1, -0.05) is 84.0 Å². The van der Waals surface area contributed by atoms with Crippen molar-refractivity contribution in [2.45, 2.75) is 148 Å². The number of carbonyl (C=O) groups excluding carboxylic acids is 5. The Bertz CT molecular complexity index is 1330. The fourth-order valence-corrected chi connectivity index (χ4v) is 7.32. The molecular formula is C45H80N4O15S. The van der Waals surface area contributed by atoms with E-state index >= 15 is 0 Å². The molecule has 0 unspecified atom stereocenters. The summed E-state index contributed by atoms with van der Waals surface area (Å²) >= 11 is 1.25. The number of carbonyl (C=O) groups is 8. The third-order valence-electron chi connectivity index (χ3n) is 10.1. The van der Waals surface area contributed by atoms with E-state index in [1.54, 1.807) is 6.92 Å². The van der Waals surface area contributed by atoms with Crippen LogP contribution in [-0.2, 0) is 57.3 Å². The number of amides is 4. The molecule has 0 saturated heterocycles. The average molecular weight is 949 g/mol. The number of nitrogens with one attached hydrogen (secondary N) is 4. The van der Waals surface area contributed by atoms with E-state index in [4.69, 9.17) is 29.2 Å². The number of hydrogen-bond acceptors (Lipinski definition) is 13. The predicted octanol–water partition coefficient (Wildman–Crippen LogP) is 4.27. The Morgan fingerprint density at radius 1 is 0.477 bits per heavy atom. The lowest BCUT2D eigenvalue weighted by atomic mass is 10.0. The molecule has 0 saturated carbocycles. The highest BCUT2D eigenvalue weighted by atomic mass is 32.2. The molecule has 0 spiro atoms. The summed E-state index contributed by atoms with van der Waals surface area (Å²) in [5, 5.41) is 37.7. The van der Waals surface area contributed by atoms with Crippen molar-refractivity contribution in [1.82, 2.24) is 21.3 Å². The van der Waals surface area contributed by atoms with Crippen LogP contribution in [0.2, 0.25) is 0 Å². The van der Waals surface area contributed by atoms with Crippen LogP contribution in [0.25, 0.3) is 0 Å². The van der Waals surface area contributed by atoms with Gasteiger partial charge in [-0.2, -0.15) is 11.8 Å². The van der Waals surface area contributed by atoms with Crippen molar-refractivity contribution < 1.29 is 72.6 Å². The summed E-state index contributed by atoms with van der Waals surface area (Å²) in [4.78, 5) is 93.5. The van der Waals surface area contributed by atoms with Crippen molar-refractivity contribution in [3.05, 3.63) is 0 Å². The van der Waals surface area contributed by atoms with Crippen LogP contribution in [0.4, 0.5) is 0 Å². The molecule has 376 valence electrons. The number of carboxylic acids is 3. The van der Waals surface area contributed by atoms with Gasteiger partial charge in [-0.05, 0) is 32.1 Å². The number of ketones is 1. The van der Waals surface area contributed by atoms with Gasteiger partial charge in [0.2, 0.25) is 23.6 Å². The number of unbranched alkanes of at least 4 members (excludes halogenated alkanes) is 13. The molecule has 0 aliphatic rings. The van der Waals surface area contributed by atoms with E-state index in [1.807, 2.05) is 0 Å². The van der Waals surface area contributed by atoms with Gasteiger partial charge in [-0.3, -0.25) is 33.6 Å². The molecule has 7 N–H and O–H groups in total. The summed E-state index contributed by atoms with van der Waals surface area (Å²) in [7, 11) is 0. The Kier molecular flexibility index (Phi) is 41.4. The summed E-state index contributed by atoms with van der Waals surface area (Å²) in [6.07, 6.45) is 16.8. The minimum atomic E-state index is -1.16. The van der Waals surface area contributed by atoms with Gasteiger partial charge in [0.05, 0.1) is 44.7 Å². The minimum Gasteiger partial charge on any atom is -0.481 e. The van der Waals surface area contributed by atoms with Gasteiger partial charge >= 0.3 is 17.9 Å². The maximum atomic E-state index is 12.3. The molecule has 0 aliphatic carbocycles. The van der Waals surface area contributed by atoms with E-state index in [9.17, 15) is 43.5 Å². The highest BCUT2D eigenvalue weighted by Crippen LogP contribution is 2.15. The molecule has 0 aromatic heterocycles. The predicted molar refractivity (Wildman–Crippen MR) is 246 cm³/mol. The molecule has 0 aliphatic heterocycles. The van der Waals surface area contributed by atoms with Gasteiger partial charge < -0.3 is 55.5 Å². The zero-order valence-electron chi connectivity index (χ0n) is 38.8. The molecule has 0 fully saturated rings. The molecule has 20 heteroatoms. The second kappa shape index (κ2) is 44.0. The zero-order chi connectivity index (χ0) is 48.2. The van der Waals surface area contributed by atoms with Gasteiger partial charge in [0.15, 0.2) is 0 Å². The van der Waals surface area contributed by atoms with Crippen LogP contribution in [0.3, 0.4) is 0 Å². The molecule has 0 bridgehead atoms. The lowest BCUT2D eigenvalue weighted by Gasteiger charge is -2.14. The van der Waals surface area contributed by atoms with Crippen molar-refractivity contribution >= 4 is 59.1 Å².